The van der Waals surface area contributed by atoms with Gasteiger partial charge in [0.15, 0.2) is 0 Å². The lowest BCUT2D eigenvalue weighted by molar-refractivity contribution is -0.140. The first-order valence-electron chi connectivity index (χ1n) is 7.18. The molecular weight excluding hydrogens is 300 g/mol. The molecule has 0 saturated carbocycles. The van der Waals surface area contributed by atoms with E-state index in [2.05, 4.69) is 10.1 Å². The van der Waals surface area contributed by atoms with E-state index in [-0.39, 0.29) is 24.2 Å². The minimum atomic E-state index is -0.272. The Morgan fingerprint density at radius 1 is 1.36 bits per heavy atom. The summed E-state index contributed by atoms with van der Waals surface area (Å²) >= 11 is 1.54. The molecule has 3 heterocycles. The summed E-state index contributed by atoms with van der Waals surface area (Å²) in [5.41, 5.74) is 1.89. The lowest BCUT2D eigenvalue weighted by Gasteiger charge is -2.14. The van der Waals surface area contributed by atoms with E-state index in [1.54, 1.807) is 22.2 Å². The van der Waals surface area contributed by atoms with Crippen LogP contribution in [0.25, 0.3) is 0 Å². The van der Waals surface area contributed by atoms with Crippen LogP contribution in [0.2, 0.25) is 0 Å². The molecule has 0 radical (unpaired) electrons. The predicted molar refractivity (Wildman–Crippen MR) is 82.2 cm³/mol. The van der Waals surface area contributed by atoms with E-state index in [0.717, 1.165) is 21.1 Å². The van der Waals surface area contributed by atoms with Gasteiger partial charge in [-0.15, -0.1) is 11.3 Å². The van der Waals surface area contributed by atoms with Crippen molar-refractivity contribution in [1.82, 2.24) is 19.7 Å². The first kappa shape index (κ1) is 14.9. The molecule has 116 valence electrons. The highest BCUT2D eigenvalue weighted by Crippen LogP contribution is 2.27. The van der Waals surface area contributed by atoms with Gasteiger partial charge in [-0.25, -0.2) is 4.98 Å². The van der Waals surface area contributed by atoms with Gasteiger partial charge in [-0.1, -0.05) is 0 Å². The van der Waals surface area contributed by atoms with Crippen molar-refractivity contribution in [1.29, 1.82) is 0 Å². The fourth-order valence-corrected chi connectivity index (χ4v) is 3.73. The molecule has 1 unspecified atom stereocenters. The fourth-order valence-electron chi connectivity index (χ4n) is 2.80. The summed E-state index contributed by atoms with van der Waals surface area (Å²) < 4.78 is 1.71. The Labute approximate surface area is 132 Å². The Hall–Kier alpha value is -2.02. The van der Waals surface area contributed by atoms with Crippen LogP contribution >= 0.6 is 11.3 Å². The number of imide groups is 1. The van der Waals surface area contributed by atoms with Crippen molar-refractivity contribution < 1.29 is 9.59 Å². The van der Waals surface area contributed by atoms with Crippen LogP contribution in [0.3, 0.4) is 0 Å². The normalized spacial score (nSPS) is 18.5. The second-order valence-corrected chi connectivity index (χ2v) is 6.97. The Bertz CT molecular complexity index is 734. The summed E-state index contributed by atoms with van der Waals surface area (Å²) in [7, 11) is 1.84. The largest absolute Gasteiger partial charge is 0.277 e. The molecule has 0 N–H and O–H groups in total. The van der Waals surface area contributed by atoms with Gasteiger partial charge in [0, 0.05) is 24.5 Å². The van der Waals surface area contributed by atoms with E-state index in [1.165, 1.54) is 4.90 Å². The molecule has 2 aromatic rings. The van der Waals surface area contributed by atoms with Gasteiger partial charge < -0.3 is 0 Å². The molecule has 2 amide bonds. The molecule has 3 rings (SSSR count). The van der Waals surface area contributed by atoms with Crippen molar-refractivity contribution in [3.8, 4) is 0 Å². The molecule has 6 nitrogen and oxygen atoms in total. The molecule has 1 fully saturated rings. The highest BCUT2D eigenvalue weighted by atomic mass is 32.1. The monoisotopic (exact) mass is 318 g/mol. The molecule has 1 saturated heterocycles. The van der Waals surface area contributed by atoms with Crippen molar-refractivity contribution in [2.45, 2.75) is 33.2 Å². The average Bonchev–Trinajstić information content (AvgIpc) is 3.06. The number of aromatic nitrogens is 3. The Morgan fingerprint density at radius 2 is 2.14 bits per heavy atom. The third kappa shape index (κ3) is 2.81. The van der Waals surface area contributed by atoms with Gasteiger partial charge in [-0.05, 0) is 25.8 Å². The van der Waals surface area contributed by atoms with Crippen molar-refractivity contribution in [2.75, 3.05) is 0 Å². The molecule has 0 spiro atoms. The lowest BCUT2D eigenvalue weighted by atomic mass is 10.0. The summed E-state index contributed by atoms with van der Waals surface area (Å²) in [6.07, 6.45) is 4.48. The van der Waals surface area contributed by atoms with Crippen LogP contribution in [0.5, 0.6) is 0 Å². The first-order valence-corrected chi connectivity index (χ1v) is 8.00. The number of hydrogen-bond donors (Lipinski definition) is 0. The number of rotatable bonds is 4. The molecule has 7 heteroatoms. The van der Waals surface area contributed by atoms with Crippen LogP contribution in [0.15, 0.2) is 12.4 Å². The molecule has 0 aliphatic carbocycles. The Morgan fingerprint density at radius 3 is 2.73 bits per heavy atom. The lowest BCUT2D eigenvalue weighted by Crippen LogP contribution is -2.30. The maximum Gasteiger partial charge on any atom is 0.233 e. The molecule has 0 aromatic carbocycles. The van der Waals surface area contributed by atoms with Crippen LogP contribution < -0.4 is 0 Å². The van der Waals surface area contributed by atoms with Gasteiger partial charge in [-0.2, -0.15) is 5.10 Å². The smallest absolute Gasteiger partial charge is 0.233 e. The van der Waals surface area contributed by atoms with Crippen LogP contribution in [0, 0.1) is 19.8 Å². The fraction of sp³-hybridized carbons (Fsp3) is 0.467. The van der Waals surface area contributed by atoms with E-state index >= 15 is 0 Å². The minimum Gasteiger partial charge on any atom is -0.277 e. The van der Waals surface area contributed by atoms with Gasteiger partial charge in [0.05, 0.1) is 29.4 Å². The van der Waals surface area contributed by atoms with Crippen LogP contribution in [-0.4, -0.2) is 31.5 Å². The standard InChI is InChI=1S/C15H18N4O2S/c1-9-13(22-10(2)17-9)8-19-14(20)5-12(15(19)21)4-11-6-16-18(3)7-11/h6-7,12H,4-5,8H2,1-3H3. The SMILES string of the molecule is Cc1nc(C)c(CN2C(=O)CC(Cc3cnn(C)c3)C2=O)s1. The zero-order valence-corrected chi connectivity index (χ0v) is 13.7. The highest BCUT2D eigenvalue weighted by molar-refractivity contribution is 7.11. The highest BCUT2D eigenvalue weighted by Gasteiger charge is 2.38. The van der Waals surface area contributed by atoms with Crippen LogP contribution in [-0.2, 0) is 29.6 Å². The van der Waals surface area contributed by atoms with Gasteiger partial charge in [0.25, 0.3) is 0 Å². The van der Waals surface area contributed by atoms with Gasteiger partial charge in [0.1, 0.15) is 0 Å². The summed E-state index contributed by atoms with van der Waals surface area (Å²) in [4.78, 5) is 31.4. The van der Waals surface area contributed by atoms with Crippen molar-refractivity contribution in [2.24, 2.45) is 13.0 Å². The van der Waals surface area contributed by atoms with Gasteiger partial charge >= 0.3 is 0 Å². The zero-order valence-electron chi connectivity index (χ0n) is 12.9. The zero-order chi connectivity index (χ0) is 15.9. The predicted octanol–water partition coefficient (Wildman–Crippen LogP) is 1.61. The maximum atomic E-state index is 12.5. The number of aryl methyl sites for hydroxylation is 3. The average molecular weight is 318 g/mol. The maximum absolute atomic E-state index is 12.5. The Balaban J connectivity index is 1.72. The van der Waals surface area contributed by atoms with Gasteiger partial charge in [0.2, 0.25) is 11.8 Å². The second-order valence-electron chi connectivity index (χ2n) is 5.69. The van der Waals surface area contributed by atoms with Crippen molar-refractivity contribution >= 4 is 23.2 Å². The van der Waals surface area contributed by atoms with E-state index < -0.39 is 0 Å². The van der Waals surface area contributed by atoms with E-state index in [9.17, 15) is 9.59 Å². The van der Waals surface area contributed by atoms with Crippen molar-refractivity contribution in [3.63, 3.8) is 0 Å². The number of thiazole rings is 1. The molecule has 22 heavy (non-hydrogen) atoms. The number of likely N-dealkylation sites (tertiary alicyclic amines) is 1. The first-order chi connectivity index (χ1) is 10.4. The van der Waals surface area contributed by atoms with Crippen LogP contribution in [0.1, 0.15) is 27.6 Å². The molecule has 2 aromatic heterocycles. The third-order valence-corrected chi connectivity index (χ3v) is 4.94. The number of amides is 2. The molecule has 0 bridgehead atoms. The summed E-state index contributed by atoms with van der Waals surface area (Å²) in [6, 6.07) is 0. The number of nitrogens with zero attached hydrogens (tertiary/aromatic N) is 4. The van der Waals surface area contributed by atoms with E-state index in [4.69, 9.17) is 0 Å². The molecule has 1 aliphatic heterocycles. The Kier molecular flexibility index (Phi) is 3.82. The quantitative estimate of drug-likeness (QED) is 0.803. The second kappa shape index (κ2) is 5.64. The third-order valence-electron chi connectivity index (χ3n) is 3.88. The van der Waals surface area contributed by atoms with E-state index in [0.29, 0.717) is 13.0 Å². The summed E-state index contributed by atoms with van der Waals surface area (Å²) in [5.74, 6) is -0.449. The van der Waals surface area contributed by atoms with E-state index in [1.807, 2.05) is 27.1 Å². The van der Waals surface area contributed by atoms with Crippen molar-refractivity contribution in [3.05, 3.63) is 33.5 Å². The topological polar surface area (TPSA) is 68.1 Å². The van der Waals surface area contributed by atoms with Crippen LogP contribution in [0.4, 0.5) is 0 Å². The molecule has 1 atom stereocenters. The summed E-state index contributed by atoms with van der Waals surface area (Å²) in [6.45, 7) is 4.19. The number of carbonyl (C=O) groups is 2. The number of hydrogen-bond acceptors (Lipinski definition) is 5. The molecular formula is C15H18N4O2S. The minimum absolute atomic E-state index is 0.0840. The van der Waals surface area contributed by atoms with Gasteiger partial charge in [-0.3, -0.25) is 19.2 Å². The molecule has 1 aliphatic rings. The summed E-state index contributed by atoms with van der Waals surface area (Å²) in [5, 5.41) is 5.06. The number of carbonyl (C=O) groups excluding carboxylic acids is 2.